The molecule has 2 aliphatic heterocycles. The molecule has 0 saturated carbocycles. The fourth-order valence-corrected chi connectivity index (χ4v) is 1.76. The average molecular weight is 182 g/mol. The number of ether oxygens (including phenoxy) is 2. The number of hydrogen-bond donors (Lipinski definition) is 0. The fourth-order valence-electron chi connectivity index (χ4n) is 1.76. The van der Waals surface area contributed by atoms with Crippen LogP contribution in [0.2, 0.25) is 0 Å². The molecule has 2 rings (SSSR count). The summed E-state index contributed by atoms with van der Waals surface area (Å²) in [6.45, 7) is 4.06. The van der Waals surface area contributed by atoms with Crippen LogP contribution in [0.5, 0.6) is 0 Å². The van der Waals surface area contributed by atoms with Gasteiger partial charge in [0.15, 0.2) is 0 Å². The Morgan fingerprint density at radius 1 is 1.54 bits per heavy atom. The molecule has 0 aliphatic carbocycles. The molecule has 74 valence electrons. The molecular formula is C11H18O2. The van der Waals surface area contributed by atoms with Crippen molar-refractivity contribution < 1.29 is 9.47 Å². The molecule has 1 fully saturated rings. The van der Waals surface area contributed by atoms with Crippen molar-refractivity contribution in [1.82, 2.24) is 0 Å². The lowest BCUT2D eigenvalue weighted by Gasteiger charge is -2.16. The van der Waals surface area contributed by atoms with Gasteiger partial charge in [-0.05, 0) is 31.8 Å². The highest BCUT2D eigenvalue weighted by atomic mass is 16.6. The minimum absolute atomic E-state index is 0.224. The number of epoxide rings is 1. The zero-order chi connectivity index (χ0) is 9.15. The molecule has 0 N–H and O–H groups in total. The Morgan fingerprint density at radius 3 is 2.92 bits per heavy atom. The third kappa shape index (κ3) is 2.25. The molecule has 0 spiro atoms. The number of allylic oxidation sites excluding steroid dienone is 2. The summed E-state index contributed by atoms with van der Waals surface area (Å²) >= 11 is 0. The molecule has 2 nitrogen and oxygen atoms in total. The first-order valence-corrected chi connectivity index (χ1v) is 5.30. The van der Waals surface area contributed by atoms with Crippen molar-refractivity contribution in [2.45, 2.75) is 44.6 Å². The molecule has 0 radical (unpaired) electrons. The van der Waals surface area contributed by atoms with Gasteiger partial charge < -0.3 is 9.47 Å². The Morgan fingerprint density at radius 2 is 2.38 bits per heavy atom. The molecule has 0 aromatic rings. The van der Waals surface area contributed by atoms with Gasteiger partial charge in [0, 0.05) is 6.42 Å². The second-order valence-corrected chi connectivity index (χ2v) is 3.99. The highest BCUT2D eigenvalue weighted by Crippen LogP contribution is 2.36. The monoisotopic (exact) mass is 182 g/mol. The molecule has 13 heavy (non-hydrogen) atoms. The van der Waals surface area contributed by atoms with Crippen molar-refractivity contribution in [3.05, 3.63) is 11.8 Å². The molecule has 0 bridgehead atoms. The Hall–Kier alpha value is -0.500. The minimum Gasteiger partial charge on any atom is -0.498 e. The van der Waals surface area contributed by atoms with E-state index in [2.05, 4.69) is 13.0 Å². The van der Waals surface area contributed by atoms with Crippen molar-refractivity contribution in [2.24, 2.45) is 0 Å². The Kier molecular flexibility index (Phi) is 2.58. The summed E-state index contributed by atoms with van der Waals surface area (Å²) in [6.07, 6.45) is 7.94. The van der Waals surface area contributed by atoms with Gasteiger partial charge in [0.1, 0.15) is 0 Å². The largest absolute Gasteiger partial charge is 0.498 e. The first kappa shape index (κ1) is 9.07. The average Bonchev–Trinajstić information content (AvgIpc) is 2.97. The van der Waals surface area contributed by atoms with Gasteiger partial charge in [-0.25, -0.2) is 0 Å². The van der Waals surface area contributed by atoms with E-state index in [0.717, 1.165) is 32.5 Å². The van der Waals surface area contributed by atoms with Crippen molar-refractivity contribution in [3.63, 3.8) is 0 Å². The Balaban J connectivity index is 1.75. The van der Waals surface area contributed by atoms with E-state index in [1.165, 1.54) is 18.6 Å². The van der Waals surface area contributed by atoms with Crippen molar-refractivity contribution in [1.29, 1.82) is 0 Å². The highest BCUT2D eigenvalue weighted by molar-refractivity contribution is 5.00. The third-order valence-electron chi connectivity index (χ3n) is 3.03. The third-order valence-corrected chi connectivity index (χ3v) is 3.03. The van der Waals surface area contributed by atoms with Crippen molar-refractivity contribution >= 4 is 0 Å². The van der Waals surface area contributed by atoms with Crippen LogP contribution in [-0.4, -0.2) is 18.8 Å². The van der Waals surface area contributed by atoms with Crippen molar-refractivity contribution in [2.75, 3.05) is 13.2 Å². The van der Waals surface area contributed by atoms with E-state index in [-0.39, 0.29) is 5.60 Å². The molecule has 0 aromatic heterocycles. The highest BCUT2D eigenvalue weighted by Gasteiger charge is 2.42. The predicted octanol–water partition coefficient (Wildman–Crippen LogP) is 2.64. The lowest BCUT2D eigenvalue weighted by Crippen LogP contribution is -2.11. The second kappa shape index (κ2) is 3.70. The minimum atomic E-state index is 0.224. The normalized spacial score (nSPS) is 32.2. The van der Waals surface area contributed by atoms with Crippen LogP contribution in [0.15, 0.2) is 11.8 Å². The Bertz CT molecular complexity index is 204. The Labute approximate surface area is 79.9 Å². The lowest BCUT2D eigenvalue weighted by atomic mass is 10.00. The van der Waals surface area contributed by atoms with Gasteiger partial charge in [-0.15, -0.1) is 0 Å². The van der Waals surface area contributed by atoms with E-state index in [1.807, 2.05) is 0 Å². The lowest BCUT2D eigenvalue weighted by molar-refractivity contribution is 0.173. The van der Waals surface area contributed by atoms with Crippen LogP contribution in [0.25, 0.3) is 0 Å². The molecule has 1 unspecified atom stereocenters. The zero-order valence-electron chi connectivity index (χ0n) is 8.34. The standard InChI is InChI=1S/C11H18O2/c1-2-11(9-13-11)7-6-10-5-3-4-8-12-10/h5H,2-4,6-9H2,1H3. The van der Waals surface area contributed by atoms with E-state index >= 15 is 0 Å². The summed E-state index contributed by atoms with van der Waals surface area (Å²) in [5, 5.41) is 0. The van der Waals surface area contributed by atoms with Crippen LogP contribution in [0, 0.1) is 0 Å². The quantitative estimate of drug-likeness (QED) is 0.623. The predicted molar refractivity (Wildman–Crippen MR) is 51.5 cm³/mol. The van der Waals surface area contributed by atoms with E-state index < -0.39 is 0 Å². The van der Waals surface area contributed by atoms with Gasteiger partial charge in [0.25, 0.3) is 0 Å². The van der Waals surface area contributed by atoms with Crippen molar-refractivity contribution in [3.8, 4) is 0 Å². The van der Waals surface area contributed by atoms with Crippen LogP contribution >= 0.6 is 0 Å². The summed E-state index contributed by atoms with van der Waals surface area (Å²) < 4.78 is 11.0. The van der Waals surface area contributed by atoms with E-state index in [9.17, 15) is 0 Å². The summed E-state index contributed by atoms with van der Waals surface area (Å²) in [5.74, 6) is 1.19. The van der Waals surface area contributed by atoms with Gasteiger partial charge in [0.2, 0.25) is 0 Å². The molecule has 1 saturated heterocycles. The van der Waals surface area contributed by atoms with Crippen LogP contribution < -0.4 is 0 Å². The SMILES string of the molecule is CCC1(CCC2=CCCCO2)CO1. The molecule has 0 aromatic carbocycles. The number of rotatable bonds is 4. The summed E-state index contributed by atoms with van der Waals surface area (Å²) in [7, 11) is 0. The molecule has 2 aliphatic rings. The number of hydrogen-bond acceptors (Lipinski definition) is 2. The maximum absolute atomic E-state index is 5.55. The van der Waals surface area contributed by atoms with Gasteiger partial charge >= 0.3 is 0 Å². The van der Waals surface area contributed by atoms with Gasteiger partial charge in [-0.2, -0.15) is 0 Å². The second-order valence-electron chi connectivity index (χ2n) is 3.99. The molecule has 0 amide bonds. The maximum atomic E-state index is 5.55. The first-order chi connectivity index (χ1) is 6.35. The summed E-state index contributed by atoms with van der Waals surface area (Å²) in [5.41, 5.74) is 0.224. The van der Waals surface area contributed by atoms with Crippen LogP contribution in [0.1, 0.15) is 39.0 Å². The summed E-state index contributed by atoms with van der Waals surface area (Å²) in [6, 6.07) is 0. The maximum Gasteiger partial charge on any atom is 0.0921 e. The molecule has 2 heterocycles. The zero-order valence-corrected chi connectivity index (χ0v) is 8.34. The smallest absolute Gasteiger partial charge is 0.0921 e. The molecule has 2 heteroatoms. The van der Waals surface area contributed by atoms with E-state index in [0.29, 0.717) is 0 Å². The first-order valence-electron chi connectivity index (χ1n) is 5.30. The van der Waals surface area contributed by atoms with Crippen LogP contribution in [-0.2, 0) is 9.47 Å². The van der Waals surface area contributed by atoms with Crippen LogP contribution in [0.4, 0.5) is 0 Å². The van der Waals surface area contributed by atoms with Gasteiger partial charge in [-0.3, -0.25) is 0 Å². The van der Waals surface area contributed by atoms with E-state index in [1.54, 1.807) is 0 Å². The van der Waals surface area contributed by atoms with Crippen LogP contribution in [0.3, 0.4) is 0 Å². The summed E-state index contributed by atoms with van der Waals surface area (Å²) in [4.78, 5) is 0. The van der Waals surface area contributed by atoms with E-state index in [4.69, 9.17) is 9.47 Å². The van der Waals surface area contributed by atoms with Gasteiger partial charge in [-0.1, -0.05) is 6.92 Å². The molecule has 1 atom stereocenters. The topological polar surface area (TPSA) is 21.8 Å². The fraction of sp³-hybridized carbons (Fsp3) is 0.818. The van der Waals surface area contributed by atoms with Gasteiger partial charge in [0.05, 0.1) is 24.6 Å². The molecular weight excluding hydrogens is 164 g/mol.